The van der Waals surface area contributed by atoms with Crippen molar-refractivity contribution in [3.05, 3.63) is 62.7 Å². The Labute approximate surface area is 136 Å². The van der Waals surface area contributed by atoms with E-state index in [2.05, 4.69) is 9.97 Å². The molecular formula is C14H9F6N3O2. The van der Waals surface area contributed by atoms with Gasteiger partial charge in [0.1, 0.15) is 17.2 Å². The van der Waals surface area contributed by atoms with Crippen molar-refractivity contribution >= 4 is 5.69 Å². The SMILES string of the molecule is Cc1cc(Cc2nc(C(F)(F)F)cc(C(F)(F)F)n2)ccc1[N+](=O)[O-]. The molecule has 0 aliphatic carbocycles. The number of halogens is 6. The van der Waals surface area contributed by atoms with Gasteiger partial charge in [-0.1, -0.05) is 6.07 Å². The van der Waals surface area contributed by atoms with Crippen LogP contribution in [0.5, 0.6) is 0 Å². The Balaban J connectivity index is 2.45. The van der Waals surface area contributed by atoms with Crippen molar-refractivity contribution in [2.24, 2.45) is 0 Å². The highest BCUT2D eigenvalue weighted by molar-refractivity contribution is 5.42. The summed E-state index contributed by atoms with van der Waals surface area (Å²) in [5.41, 5.74) is -3.17. The highest BCUT2D eigenvalue weighted by Gasteiger charge is 2.39. The molecule has 0 radical (unpaired) electrons. The molecular weight excluding hydrogens is 356 g/mol. The highest BCUT2D eigenvalue weighted by Crippen LogP contribution is 2.33. The molecule has 5 nitrogen and oxygen atoms in total. The van der Waals surface area contributed by atoms with Crippen LogP contribution in [0.4, 0.5) is 32.0 Å². The van der Waals surface area contributed by atoms with Crippen molar-refractivity contribution in [1.29, 1.82) is 0 Å². The van der Waals surface area contributed by atoms with Gasteiger partial charge in [0.15, 0.2) is 0 Å². The second-order valence-corrected chi connectivity index (χ2v) is 5.10. The fourth-order valence-electron chi connectivity index (χ4n) is 2.08. The second kappa shape index (κ2) is 6.30. The molecule has 0 N–H and O–H groups in total. The quantitative estimate of drug-likeness (QED) is 0.461. The van der Waals surface area contributed by atoms with Crippen LogP contribution in [0.15, 0.2) is 24.3 Å². The monoisotopic (exact) mass is 365 g/mol. The lowest BCUT2D eigenvalue weighted by Crippen LogP contribution is -2.17. The van der Waals surface area contributed by atoms with E-state index in [1.54, 1.807) is 0 Å². The normalized spacial score (nSPS) is 12.3. The van der Waals surface area contributed by atoms with Gasteiger partial charge in [0.2, 0.25) is 0 Å². The van der Waals surface area contributed by atoms with E-state index in [0.717, 1.165) is 6.07 Å². The van der Waals surface area contributed by atoms with Crippen LogP contribution in [-0.4, -0.2) is 14.9 Å². The average molecular weight is 365 g/mol. The Morgan fingerprint density at radius 3 is 1.92 bits per heavy atom. The van der Waals surface area contributed by atoms with E-state index in [0.29, 0.717) is 0 Å². The minimum atomic E-state index is -5.07. The Morgan fingerprint density at radius 1 is 1.00 bits per heavy atom. The molecule has 0 aliphatic rings. The van der Waals surface area contributed by atoms with Crippen LogP contribution >= 0.6 is 0 Å². The molecule has 2 aromatic rings. The standard InChI is InChI=1S/C14H9F6N3O2/c1-7-4-8(2-3-9(7)23(24)25)5-12-21-10(13(15,16)17)6-11(22-12)14(18,19)20/h2-4,6H,5H2,1H3. The third-order valence-corrected chi connectivity index (χ3v) is 3.17. The number of nitrogens with zero attached hydrogens (tertiary/aromatic N) is 3. The predicted octanol–water partition coefficient (Wildman–Crippen LogP) is 4.32. The summed E-state index contributed by atoms with van der Waals surface area (Å²) in [6, 6.07) is 3.46. The fraction of sp³-hybridized carbons (Fsp3) is 0.286. The Hall–Kier alpha value is -2.72. The van der Waals surface area contributed by atoms with E-state index in [9.17, 15) is 36.5 Å². The van der Waals surface area contributed by atoms with Crippen LogP contribution in [0.25, 0.3) is 0 Å². The van der Waals surface area contributed by atoms with Crippen molar-refractivity contribution in [2.75, 3.05) is 0 Å². The summed E-state index contributed by atoms with van der Waals surface area (Å²) in [5, 5.41) is 10.7. The molecule has 0 amide bonds. The summed E-state index contributed by atoms with van der Waals surface area (Å²) in [7, 11) is 0. The van der Waals surface area contributed by atoms with Gasteiger partial charge in [-0.15, -0.1) is 0 Å². The Morgan fingerprint density at radius 2 is 1.52 bits per heavy atom. The summed E-state index contributed by atoms with van der Waals surface area (Å²) in [6.07, 6.45) is -10.6. The summed E-state index contributed by atoms with van der Waals surface area (Å²) < 4.78 is 76.5. The predicted molar refractivity (Wildman–Crippen MR) is 72.7 cm³/mol. The average Bonchev–Trinajstić information content (AvgIpc) is 2.44. The van der Waals surface area contributed by atoms with Crippen LogP contribution in [0.1, 0.15) is 28.3 Å². The first-order chi connectivity index (χ1) is 11.4. The number of aryl methyl sites for hydroxylation is 1. The van der Waals surface area contributed by atoms with E-state index in [1.807, 2.05) is 0 Å². The molecule has 0 aliphatic heterocycles. The van der Waals surface area contributed by atoms with Gasteiger partial charge in [0.05, 0.1) is 4.92 Å². The first-order valence-corrected chi connectivity index (χ1v) is 6.64. The largest absolute Gasteiger partial charge is 0.433 e. The molecule has 1 aromatic heterocycles. The van der Waals surface area contributed by atoms with Crippen LogP contribution in [0.3, 0.4) is 0 Å². The number of aromatic nitrogens is 2. The molecule has 0 saturated heterocycles. The van der Waals surface area contributed by atoms with E-state index >= 15 is 0 Å². The van der Waals surface area contributed by atoms with Crippen molar-refractivity contribution in [2.45, 2.75) is 25.7 Å². The summed E-state index contributed by atoms with van der Waals surface area (Å²) >= 11 is 0. The summed E-state index contributed by atoms with van der Waals surface area (Å²) in [4.78, 5) is 16.3. The van der Waals surface area contributed by atoms with Gasteiger partial charge in [0.25, 0.3) is 5.69 Å². The van der Waals surface area contributed by atoms with Crippen LogP contribution < -0.4 is 0 Å². The molecule has 134 valence electrons. The smallest absolute Gasteiger partial charge is 0.258 e. The van der Waals surface area contributed by atoms with Crippen LogP contribution in [0.2, 0.25) is 0 Å². The van der Waals surface area contributed by atoms with Gasteiger partial charge < -0.3 is 0 Å². The van der Waals surface area contributed by atoms with Gasteiger partial charge in [-0.3, -0.25) is 10.1 Å². The number of nitro benzene ring substituents is 1. The number of benzene rings is 1. The second-order valence-electron chi connectivity index (χ2n) is 5.10. The minimum absolute atomic E-state index is 0.162. The topological polar surface area (TPSA) is 68.9 Å². The highest BCUT2D eigenvalue weighted by atomic mass is 19.4. The molecule has 0 spiro atoms. The minimum Gasteiger partial charge on any atom is -0.258 e. The zero-order valence-electron chi connectivity index (χ0n) is 12.4. The lowest BCUT2D eigenvalue weighted by Gasteiger charge is -2.12. The van der Waals surface area contributed by atoms with Crippen molar-refractivity contribution in [3.8, 4) is 0 Å². The Bertz CT molecular complexity index is 785. The van der Waals surface area contributed by atoms with Crippen molar-refractivity contribution in [3.63, 3.8) is 0 Å². The molecule has 25 heavy (non-hydrogen) atoms. The maximum absolute atomic E-state index is 12.7. The first kappa shape index (κ1) is 18.6. The molecule has 1 aromatic carbocycles. The van der Waals surface area contributed by atoms with E-state index in [4.69, 9.17) is 0 Å². The lowest BCUT2D eigenvalue weighted by atomic mass is 10.1. The van der Waals surface area contributed by atoms with E-state index < -0.39 is 40.9 Å². The summed E-state index contributed by atoms with van der Waals surface area (Å²) in [6.45, 7) is 1.40. The van der Waals surface area contributed by atoms with E-state index in [-0.39, 0.29) is 22.9 Å². The maximum atomic E-state index is 12.7. The molecule has 0 bridgehead atoms. The van der Waals surface area contributed by atoms with Crippen molar-refractivity contribution in [1.82, 2.24) is 9.97 Å². The van der Waals surface area contributed by atoms with Gasteiger partial charge in [-0.25, -0.2) is 9.97 Å². The molecule has 0 fully saturated rings. The number of hydrogen-bond donors (Lipinski definition) is 0. The fourth-order valence-corrected chi connectivity index (χ4v) is 2.08. The first-order valence-electron chi connectivity index (χ1n) is 6.64. The van der Waals surface area contributed by atoms with E-state index in [1.165, 1.54) is 19.1 Å². The number of alkyl halides is 6. The lowest BCUT2D eigenvalue weighted by molar-refractivity contribution is -0.385. The zero-order valence-corrected chi connectivity index (χ0v) is 12.4. The molecule has 0 unspecified atom stereocenters. The Kier molecular flexibility index (Phi) is 4.69. The van der Waals surface area contributed by atoms with Crippen molar-refractivity contribution < 1.29 is 31.3 Å². The number of rotatable bonds is 3. The van der Waals surface area contributed by atoms with Gasteiger partial charge in [-0.2, -0.15) is 26.3 Å². The molecule has 11 heteroatoms. The zero-order chi connectivity index (χ0) is 19.0. The number of nitro groups is 1. The van der Waals surface area contributed by atoms with Gasteiger partial charge in [0, 0.05) is 18.1 Å². The van der Waals surface area contributed by atoms with Gasteiger partial charge in [-0.05, 0) is 24.6 Å². The third-order valence-electron chi connectivity index (χ3n) is 3.17. The van der Waals surface area contributed by atoms with Gasteiger partial charge >= 0.3 is 12.4 Å². The molecule has 2 rings (SSSR count). The van der Waals surface area contributed by atoms with Crippen LogP contribution in [0, 0.1) is 17.0 Å². The molecule has 1 heterocycles. The third kappa shape index (κ3) is 4.43. The molecule has 0 saturated carbocycles. The molecule has 0 atom stereocenters. The summed E-state index contributed by atoms with van der Waals surface area (Å²) in [5.74, 6) is -0.685. The number of hydrogen-bond acceptors (Lipinski definition) is 4. The van der Waals surface area contributed by atoms with Crippen LogP contribution in [-0.2, 0) is 18.8 Å². The maximum Gasteiger partial charge on any atom is 0.433 e.